The van der Waals surface area contributed by atoms with E-state index < -0.39 is 0 Å². The highest BCUT2D eigenvalue weighted by Crippen LogP contribution is 2.26. The van der Waals surface area contributed by atoms with Gasteiger partial charge in [-0.05, 0) is 38.2 Å². The maximum Gasteiger partial charge on any atom is 0.227 e. The quantitative estimate of drug-likeness (QED) is 0.865. The molecule has 1 aromatic rings. The van der Waals surface area contributed by atoms with E-state index in [1.807, 2.05) is 7.05 Å². The molecule has 1 aromatic carbocycles. The first-order chi connectivity index (χ1) is 10.9. The number of halogens is 1. The molecular formula is C17H24FN3O2. The van der Waals surface area contributed by atoms with Gasteiger partial charge in [0.15, 0.2) is 0 Å². The van der Waals surface area contributed by atoms with Crippen LogP contribution in [-0.2, 0) is 9.59 Å². The van der Waals surface area contributed by atoms with E-state index in [4.69, 9.17) is 0 Å². The number of hydrogen-bond acceptors (Lipinski definition) is 3. The van der Waals surface area contributed by atoms with E-state index in [1.54, 1.807) is 19.1 Å². The summed E-state index contributed by atoms with van der Waals surface area (Å²) in [4.78, 5) is 27.9. The van der Waals surface area contributed by atoms with Gasteiger partial charge in [-0.2, -0.15) is 0 Å². The molecule has 2 rings (SSSR count). The van der Waals surface area contributed by atoms with E-state index in [2.05, 4.69) is 17.1 Å². The second-order valence-corrected chi connectivity index (χ2v) is 6.03. The largest absolute Gasteiger partial charge is 0.355 e. The predicted octanol–water partition coefficient (Wildman–Crippen LogP) is 1.55. The molecule has 1 N–H and O–H groups in total. The fraction of sp³-hybridized carbons (Fsp3) is 0.529. The zero-order valence-electron chi connectivity index (χ0n) is 13.9. The van der Waals surface area contributed by atoms with E-state index in [9.17, 15) is 14.0 Å². The smallest absolute Gasteiger partial charge is 0.227 e. The van der Waals surface area contributed by atoms with Crippen LogP contribution in [0.2, 0.25) is 0 Å². The summed E-state index contributed by atoms with van der Waals surface area (Å²) in [5.41, 5.74) is 1.05. The third kappa shape index (κ3) is 4.28. The zero-order chi connectivity index (χ0) is 17.0. The number of nitrogens with zero attached hydrogens (tertiary/aromatic N) is 2. The molecule has 1 aliphatic heterocycles. The molecule has 1 fully saturated rings. The highest BCUT2D eigenvalue weighted by Gasteiger charge is 2.35. The van der Waals surface area contributed by atoms with Crippen molar-refractivity contribution < 1.29 is 14.0 Å². The molecular weight excluding hydrogens is 297 g/mol. The van der Waals surface area contributed by atoms with Gasteiger partial charge >= 0.3 is 0 Å². The van der Waals surface area contributed by atoms with E-state index in [0.29, 0.717) is 24.3 Å². The predicted molar refractivity (Wildman–Crippen MR) is 87.8 cm³/mol. The maximum absolute atomic E-state index is 13.7. The molecule has 5 nitrogen and oxygen atoms in total. The molecule has 0 unspecified atom stereocenters. The van der Waals surface area contributed by atoms with E-state index in [-0.39, 0.29) is 30.0 Å². The Morgan fingerprint density at radius 1 is 1.48 bits per heavy atom. The van der Waals surface area contributed by atoms with Crippen LogP contribution < -0.4 is 10.2 Å². The SMILES string of the molecule is CCN(C)CCNC(=O)[C@H]1CC(=O)N(c2ccc(C)c(F)c2)C1. The topological polar surface area (TPSA) is 52.7 Å². The molecule has 1 atom stereocenters. The summed E-state index contributed by atoms with van der Waals surface area (Å²) in [6.07, 6.45) is 0.172. The number of rotatable bonds is 6. The number of nitrogens with one attached hydrogen (secondary N) is 1. The zero-order valence-corrected chi connectivity index (χ0v) is 13.9. The Kier molecular flexibility index (Phi) is 5.71. The summed E-state index contributed by atoms with van der Waals surface area (Å²) in [6, 6.07) is 4.71. The number of carbonyl (C=O) groups is 2. The highest BCUT2D eigenvalue weighted by atomic mass is 19.1. The number of amides is 2. The third-order valence-electron chi connectivity index (χ3n) is 4.30. The van der Waals surface area contributed by atoms with Crippen LogP contribution in [0.15, 0.2) is 18.2 Å². The normalized spacial score (nSPS) is 17.9. The molecule has 0 radical (unpaired) electrons. The van der Waals surface area contributed by atoms with Gasteiger partial charge in [0.2, 0.25) is 11.8 Å². The first kappa shape index (κ1) is 17.4. The molecule has 0 spiro atoms. The molecule has 1 saturated heterocycles. The average Bonchev–Trinajstić information content (AvgIpc) is 2.91. The number of carbonyl (C=O) groups excluding carboxylic acids is 2. The summed E-state index contributed by atoms with van der Waals surface area (Å²) in [7, 11) is 1.99. The monoisotopic (exact) mass is 321 g/mol. The molecule has 2 amide bonds. The van der Waals surface area contributed by atoms with Gasteiger partial charge in [-0.15, -0.1) is 0 Å². The van der Waals surface area contributed by atoms with Crippen molar-refractivity contribution in [2.75, 3.05) is 38.1 Å². The van der Waals surface area contributed by atoms with Crippen LogP contribution in [0.4, 0.5) is 10.1 Å². The minimum atomic E-state index is -0.376. The second kappa shape index (κ2) is 7.55. The number of hydrogen-bond donors (Lipinski definition) is 1. The van der Waals surface area contributed by atoms with Gasteiger partial charge in [0.1, 0.15) is 5.82 Å². The second-order valence-electron chi connectivity index (χ2n) is 6.03. The molecule has 0 bridgehead atoms. The fourth-order valence-corrected chi connectivity index (χ4v) is 2.55. The molecule has 0 aromatic heterocycles. The van der Waals surface area contributed by atoms with Crippen LogP contribution in [0.1, 0.15) is 18.9 Å². The molecule has 0 aliphatic carbocycles. The minimum absolute atomic E-state index is 0.113. The fourth-order valence-electron chi connectivity index (χ4n) is 2.55. The van der Waals surface area contributed by atoms with Gasteiger partial charge in [-0.25, -0.2) is 4.39 Å². The Bertz CT molecular complexity index is 591. The average molecular weight is 321 g/mol. The van der Waals surface area contributed by atoms with Crippen molar-refractivity contribution >= 4 is 17.5 Å². The number of benzene rings is 1. The first-order valence-corrected chi connectivity index (χ1v) is 7.95. The Morgan fingerprint density at radius 2 is 2.22 bits per heavy atom. The minimum Gasteiger partial charge on any atom is -0.355 e. The third-order valence-corrected chi connectivity index (χ3v) is 4.30. The van der Waals surface area contributed by atoms with Gasteiger partial charge < -0.3 is 15.1 Å². The lowest BCUT2D eigenvalue weighted by Crippen LogP contribution is -2.37. The molecule has 6 heteroatoms. The first-order valence-electron chi connectivity index (χ1n) is 7.95. The lowest BCUT2D eigenvalue weighted by Gasteiger charge is -2.18. The molecule has 126 valence electrons. The van der Waals surface area contributed by atoms with Crippen molar-refractivity contribution in [1.29, 1.82) is 0 Å². The van der Waals surface area contributed by atoms with Crippen LogP contribution in [0, 0.1) is 18.7 Å². The maximum atomic E-state index is 13.7. The van der Waals surface area contributed by atoms with Crippen LogP contribution in [0.5, 0.6) is 0 Å². The summed E-state index contributed by atoms with van der Waals surface area (Å²) >= 11 is 0. The Labute approximate surface area is 136 Å². The van der Waals surface area contributed by atoms with Crippen LogP contribution in [-0.4, -0.2) is 49.9 Å². The van der Waals surface area contributed by atoms with E-state index in [1.165, 1.54) is 11.0 Å². The van der Waals surface area contributed by atoms with Gasteiger partial charge in [-0.1, -0.05) is 13.0 Å². The molecule has 0 saturated carbocycles. The van der Waals surface area contributed by atoms with E-state index >= 15 is 0 Å². The standard InChI is InChI=1S/C17H24FN3O2/c1-4-20(3)8-7-19-17(23)13-9-16(22)21(11-13)14-6-5-12(2)15(18)10-14/h5-6,10,13H,4,7-9,11H2,1-3H3,(H,19,23)/t13-/m0/s1. The highest BCUT2D eigenvalue weighted by molar-refractivity contribution is 6.00. The van der Waals surface area contributed by atoms with Crippen LogP contribution >= 0.6 is 0 Å². The summed E-state index contributed by atoms with van der Waals surface area (Å²) in [5, 5.41) is 2.87. The summed E-state index contributed by atoms with van der Waals surface area (Å²) in [6.45, 7) is 6.29. The number of anilines is 1. The van der Waals surface area contributed by atoms with Crippen molar-refractivity contribution in [2.24, 2.45) is 5.92 Å². The Hall–Kier alpha value is -1.95. The van der Waals surface area contributed by atoms with Crippen molar-refractivity contribution in [3.8, 4) is 0 Å². The van der Waals surface area contributed by atoms with E-state index in [0.717, 1.165) is 13.1 Å². The Morgan fingerprint density at radius 3 is 2.87 bits per heavy atom. The van der Waals surface area contributed by atoms with Gasteiger partial charge in [0, 0.05) is 31.7 Å². The number of aryl methyl sites for hydroxylation is 1. The lowest BCUT2D eigenvalue weighted by molar-refractivity contribution is -0.126. The van der Waals surface area contributed by atoms with Crippen LogP contribution in [0.25, 0.3) is 0 Å². The Balaban J connectivity index is 1.93. The van der Waals surface area contributed by atoms with Crippen LogP contribution in [0.3, 0.4) is 0 Å². The number of likely N-dealkylation sites (N-methyl/N-ethyl adjacent to an activating group) is 1. The summed E-state index contributed by atoms with van der Waals surface area (Å²) < 4.78 is 13.7. The molecule has 1 aliphatic rings. The summed E-state index contributed by atoms with van der Waals surface area (Å²) in [5.74, 6) is -0.971. The van der Waals surface area contributed by atoms with Crippen molar-refractivity contribution in [1.82, 2.24) is 10.2 Å². The van der Waals surface area contributed by atoms with Gasteiger partial charge in [0.05, 0.1) is 5.92 Å². The van der Waals surface area contributed by atoms with Gasteiger partial charge in [0.25, 0.3) is 0 Å². The van der Waals surface area contributed by atoms with Crippen molar-refractivity contribution in [3.05, 3.63) is 29.6 Å². The van der Waals surface area contributed by atoms with Crippen molar-refractivity contribution in [3.63, 3.8) is 0 Å². The van der Waals surface area contributed by atoms with Gasteiger partial charge in [-0.3, -0.25) is 9.59 Å². The molecule has 23 heavy (non-hydrogen) atoms. The molecule has 1 heterocycles. The van der Waals surface area contributed by atoms with Crippen molar-refractivity contribution in [2.45, 2.75) is 20.3 Å². The lowest BCUT2D eigenvalue weighted by atomic mass is 10.1.